The van der Waals surface area contributed by atoms with Crippen molar-refractivity contribution in [3.63, 3.8) is 0 Å². The molecule has 0 radical (unpaired) electrons. The van der Waals surface area contributed by atoms with Crippen LogP contribution in [0, 0.1) is 5.92 Å². The Balaban J connectivity index is 2.20. The summed E-state index contributed by atoms with van der Waals surface area (Å²) in [7, 11) is 0. The van der Waals surface area contributed by atoms with Gasteiger partial charge in [-0.25, -0.2) is 0 Å². The fourth-order valence-electron chi connectivity index (χ4n) is 2.69. The van der Waals surface area contributed by atoms with Crippen molar-refractivity contribution in [2.45, 2.75) is 38.6 Å². The summed E-state index contributed by atoms with van der Waals surface area (Å²) >= 11 is 9.59. The van der Waals surface area contributed by atoms with E-state index in [1.54, 1.807) is 0 Å². The maximum absolute atomic E-state index is 6.16. The van der Waals surface area contributed by atoms with Gasteiger partial charge in [0.15, 0.2) is 0 Å². The van der Waals surface area contributed by atoms with E-state index in [2.05, 4.69) is 47.2 Å². The minimum Gasteiger partial charge on any atom is -0.311 e. The predicted octanol–water partition coefficient (Wildman–Crippen LogP) is 4.42. The zero-order valence-electron chi connectivity index (χ0n) is 10.4. The molecule has 1 unspecified atom stereocenters. The molecule has 1 aromatic rings. The molecule has 3 heteroatoms. The summed E-state index contributed by atoms with van der Waals surface area (Å²) in [6.45, 7) is 5.75. The van der Waals surface area contributed by atoms with Crippen molar-refractivity contribution >= 4 is 27.5 Å². The number of halogens is 2. The van der Waals surface area contributed by atoms with E-state index < -0.39 is 0 Å². The van der Waals surface area contributed by atoms with Gasteiger partial charge in [0.2, 0.25) is 0 Å². The lowest BCUT2D eigenvalue weighted by molar-refractivity contribution is 0.269. The highest BCUT2D eigenvalue weighted by Gasteiger charge is 2.36. The Bertz CT molecular complexity index is 397. The third-order valence-corrected chi connectivity index (χ3v) is 5.12. The molecule has 0 aromatic heterocycles. The Labute approximate surface area is 117 Å². The van der Waals surface area contributed by atoms with Crippen LogP contribution < -0.4 is 5.32 Å². The average molecular weight is 317 g/mol. The summed E-state index contributed by atoms with van der Waals surface area (Å²) in [5.74, 6) is 0.646. The van der Waals surface area contributed by atoms with E-state index in [-0.39, 0.29) is 5.54 Å². The zero-order chi connectivity index (χ0) is 12.5. The molecule has 1 saturated heterocycles. The Morgan fingerprint density at radius 2 is 2.24 bits per heavy atom. The van der Waals surface area contributed by atoms with Crippen LogP contribution in [0.2, 0.25) is 5.02 Å². The molecule has 1 aliphatic rings. The predicted molar refractivity (Wildman–Crippen MR) is 77.7 cm³/mol. The van der Waals surface area contributed by atoms with Gasteiger partial charge in [-0.1, -0.05) is 31.5 Å². The van der Waals surface area contributed by atoms with Crippen LogP contribution in [0.25, 0.3) is 0 Å². The minimum absolute atomic E-state index is 0.261. The van der Waals surface area contributed by atoms with Gasteiger partial charge in [-0.3, -0.25) is 0 Å². The first-order valence-electron chi connectivity index (χ1n) is 6.22. The SMILES string of the molecule is CC(C)C1(Cc2ccc(Br)c(Cl)c2)CCCN1. The quantitative estimate of drug-likeness (QED) is 0.870. The molecule has 1 heterocycles. The van der Waals surface area contributed by atoms with Crippen LogP contribution in [0.5, 0.6) is 0 Å². The smallest absolute Gasteiger partial charge is 0.0550 e. The van der Waals surface area contributed by atoms with Gasteiger partial charge in [-0.15, -0.1) is 0 Å². The standard InChI is InChI=1S/C14H19BrClN/c1-10(2)14(6-3-7-17-14)9-11-4-5-12(15)13(16)8-11/h4-5,8,10,17H,3,6-7,9H2,1-2H3. The van der Waals surface area contributed by atoms with Crippen molar-refractivity contribution < 1.29 is 0 Å². The first-order chi connectivity index (χ1) is 8.03. The second kappa shape index (κ2) is 5.29. The van der Waals surface area contributed by atoms with Crippen molar-refractivity contribution in [2.75, 3.05) is 6.54 Å². The Morgan fingerprint density at radius 1 is 1.47 bits per heavy atom. The second-order valence-corrected chi connectivity index (χ2v) is 6.53. The molecule has 1 nitrogen and oxygen atoms in total. The van der Waals surface area contributed by atoms with Crippen LogP contribution in [-0.4, -0.2) is 12.1 Å². The average Bonchev–Trinajstić information content (AvgIpc) is 2.73. The van der Waals surface area contributed by atoms with Crippen LogP contribution in [0.1, 0.15) is 32.3 Å². The molecule has 1 aliphatic heterocycles. The Kier molecular flexibility index (Phi) is 4.17. The fraction of sp³-hybridized carbons (Fsp3) is 0.571. The van der Waals surface area contributed by atoms with Crippen molar-refractivity contribution in [2.24, 2.45) is 5.92 Å². The number of nitrogens with one attached hydrogen (secondary N) is 1. The van der Waals surface area contributed by atoms with Gasteiger partial charge in [-0.2, -0.15) is 0 Å². The maximum Gasteiger partial charge on any atom is 0.0550 e. The lowest BCUT2D eigenvalue weighted by Crippen LogP contribution is -2.46. The van der Waals surface area contributed by atoms with E-state index in [1.165, 1.54) is 18.4 Å². The monoisotopic (exact) mass is 315 g/mol. The normalized spacial score (nSPS) is 24.5. The lowest BCUT2D eigenvalue weighted by Gasteiger charge is -2.34. The van der Waals surface area contributed by atoms with E-state index in [4.69, 9.17) is 11.6 Å². The number of rotatable bonds is 3. The number of hydrogen-bond donors (Lipinski definition) is 1. The first-order valence-corrected chi connectivity index (χ1v) is 7.39. The van der Waals surface area contributed by atoms with Crippen LogP contribution in [-0.2, 0) is 6.42 Å². The minimum atomic E-state index is 0.261. The summed E-state index contributed by atoms with van der Waals surface area (Å²) in [6.07, 6.45) is 3.61. The van der Waals surface area contributed by atoms with Crippen LogP contribution in [0.15, 0.2) is 22.7 Å². The molecular weight excluding hydrogens is 298 g/mol. The molecule has 1 aromatic carbocycles. The maximum atomic E-state index is 6.16. The summed E-state index contributed by atoms with van der Waals surface area (Å²) in [6, 6.07) is 6.29. The summed E-state index contributed by atoms with van der Waals surface area (Å²) in [5, 5.41) is 4.50. The molecule has 2 rings (SSSR count). The number of hydrogen-bond acceptors (Lipinski definition) is 1. The van der Waals surface area contributed by atoms with Gasteiger partial charge in [-0.05, 0) is 65.4 Å². The lowest BCUT2D eigenvalue weighted by atomic mass is 9.80. The van der Waals surface area contributed by atoms with Gasteiger partial charge in [0.05, 0.1) is 5.02 Å². The highest BCUT2D eigenvalue weighted by molar-refractivity contribution is 9.10. The van der Waals surface area contributed by atoms with Gasteiger partial charge < -0.3 is 5.32 Å². The van der Waals surface area contributed by atoms with Crippen molar-refractivity contribution in [3.8, 4) is 0 Å². The molecule has 1 N–H and O–H groups in total. The molecule has 0 bridgehead atoms. The summed E-state index contributed by atoms with van der Waals surface area (Å²) in [5.41, 5.74) is 1.58. The number of benzene rings is 1. The highest BCUT2D eigenvalue weighted by atomic mass is 79.9. The van der Waals surface area contributed by atoms with E-state index in [0.717, 1.165) is 22.5 Å². The molecule has 1 atom stereocenters. The molecule has 0 spiro atoms. The summed E-state index contributed by atoms with van der Waals surface area (Å²) < 4.78 is 0.973. The van der Waals surface area contributed by atoms with Gasteiger partial charge >= 0.3 is 0 Å². The molecule has 17 heavy (non-hydrogen) atoms. The first kappa shape index (κ1) is 13.4. The Hall–Kier alpha value is -0.0500. The second-order valence-electron chi connectivity index (χ2n) is 5.27. The molecule has 0 aliphatic carbocycles. The van der Waals surface area contributed by atoms with Crippen molar-refractivity contribution in [1.82, 2.24) is 5.32 Å². The topological polar surface area (TPSA) is 12.0 Å². The molecular formula is C14H19BrClN. The van der Waals surface area contributed by atoms with Gasteiger partial charge in [0.25, 0.3) is 0 Å². The van der Waals surface area contributed by atoms with Crippen molar-refractivity contribution in [3.05, 3.63) is 33.3 Å². The highest BCUT2D eigenvalue weighted by Crippen LogP contribution is 2.33. The molecule has 1 fully saturated rings. The zero-order valence-corrected chi connectivity index (χ0v) is 12.7. The van der Waals surface area contributed by atoms with Crippen molar-refractivity contribution in [1.29, 1.82) is 0 Å². The molecule has 94 valence electrons. The van der Waals surface area contributed by atoms with Crippen LogP contribution in [0.4, 0.5) is 0 Å². The van der Waals surface area contributed by atoms with Crippen LogP contribution in [0.3, 0.4) is 0 Å². The fourth-order valence-corrected chi connectivity index (χ4v) is 3.14. The third kappa shape index (κ3) is 2.86. The van der Waals surface area contributed by atoms with E-state index in [0.29, 0.717) is 5.92 Å². The summed E-state index contributed by atoms with van der Waals surface area (Å²) in [4.78, 5) is 0. The van der Waals surface area contributed by atoms with Gasteiger partial charge in [0, 0.05) is 10.0 Å². The van der Waals surface area contributed by atoms with Gasteiger partial charge in [0.1, 0.15) is 0 Å². The molecule has 0 amide bonds. The Morgan fingerprint density at radius 3 is 2.76 bits per heavy atom. The van der Waals surface area contributed by atoms with E-state index in [1.807, 2.05) is 6.07 Å². The molecule has 0 saturated carbocycles. The van der Waals surface area contributed by atoms with Crippen LogP contribution >= 0.6 is 27.5 Å². The van der Waals surface area contributed by atoms with E-state index in [9.17, 15) is 0 Å². The third-order valence-electron chi connectivity index (χ3n) is 3.89. The largest absolute Gasteiger partial charge is 0.311 e. The van der Waals surface area contributed by atoms with E-state index >= 15 is 0 Å².